The fraction of sp³-hybridized carbons (Fsp3) is 0.273. The van der Waals surface area contributed by atoms with Crippen LogP contribution in [0.2, 0.25) is 0 Å². The minimum absolute atomic E-state index is 0.165. The van der Waals surface area contributed by atoms with Crippen molar-refractivity contribution in [2.45, 2.75) is 13.3 Å². The standard InChI is InChI=1S/C11H12O4/c1-3-7-6-8(15-2)4-5-9(7)10(12)11(13)14/h4-6H,3H2,1-2H3,(H,13,14)/p-1. The molecule has 0 saturated carbocycles. The van der Waals surface area contributed by atoms with Gasteiger partial charge in [0.15, 0.2) is 0 Å². The van der Waals surface area contributed by atoms with Crippen molar-refractivity contribution in [2.75, 3.05) is 7.11 Å². The van der Waals surface area contributed by atoms with E-state index in [1.165, 1.54) is 13.2 Å². The molecule has 0 atom stereocenters. The summed E-state index contributed by atoms with van der Waals surface area (Å²) in [6.45, 7) is 1.83. The maximum Gasteiger partial charge on any atom is 0.208 e. The van der Waals surface area contributed by atoms with Crippen LogP contribution in [-0.2, 0) is 11.2 Å². The Labute approximate surface area is 87.5 Å². The van der Waals surface area contributed by atoms with Crippen LogP contribution in [0, 0.1) is 0 Å². The van der Waals surface area contributed by atoms with Crippen LogP contribution in [-0.4, -0.2) is 18.9 Å². The lowest BCUT2D eigenvalue weighted by Gasteiger charge is -2.09. The van der Waals surface area contributed by atoms with Crippen LogP contribution in [0.25, 0.3) is 0 Å². The molecule has 0 unspecified atom stereocenters. The fourth-order valence-electron chi connectivity index (χ4n) is 1.32. The third-order valence-electron chi connectivity index (χ3n) is 2.12. The first-order valence-electron chi connectivity index (χ1n) is 4.52. The van der Waals surface area contributed by atoms with Crippen LogP contribution in [0.15, 0.2) is 18.2 Å². The molecule has 0 aliphatic heterocycles. The van der Waals surface area contributed by atoms with Gasteiger partial charge in [0.25, 0.3) is 0 Å². The van der Waals surface area contributed by atoms with Crippen LogP contribution in [0.1, 0.15) is 22.8 Å². The summed E-state index contributed by atoms with van der Waals surface area (Å²) in [5.41, 5.74) is 0.807. The first-order chi connectivity index (χ1) is 7.10. The molecule has 0 fully saturated rings. The second-order valence-electron chi connectivity index (χ2n) is 2.99. The number of hydrogen-bond acceptors (Lipinski definition) is 4. The molecule has 0 saturated heterocycles. The monoisotopic (exact) mass is 207 g/mol. The maximum absolute atomic E-state index is 11.2. The molecule has 1 rings (SSSR count). The van der Waals surface area contributed by atoms with E-state index in [9.17, 15) is 14.7 Å². The number of carboxylic acids is 1. The second-order valence-corrected chi connectivity index (χ2v) is 2.99. The average molecular weight is 207 g/mol. The van der Waals surface area contributed by atoms with E-state index in [1.807, 2.05) is 6.92 Å². The van der Waals surface area contributed by atoms with Gasteiger partial charge in [0.1, 0.15) is 11.7 Å². The highest BCUT2D eigenvalue weighted by atomic mass is 16.5. The Kier molecular flexibility index (Phi) is 3.44. The minimum atomic E-state index is -1.69. The van der Waals surface area contributed by atoms with Crippen molar-refractivity contribution >= 4 is 11.8 Å². The molecular formula is C11H11O4-. The van der Waals surface area contributed by atoms with Crippen molar-refractivity contribution in [3.8, 4) is 5.75 Å². The second kappa shape index (κ2) is 4.59. The molecule has 80 valence electrons. The predicted molar refractivity (Wildman–Crippen MR) is 51.7 cm³/mol. The maximum atomic E-state index is 11.2. The van der Waals surface area contributed by atoms with E-state index in [-0.39, 0.29) is 5.56 Å². The van der Waals surface area contributed by atoms with Crippen molar-refractivity contribution in [3.05, 3.63) is 29.3 Å². The van der Waals surface area contributed by atoms with Gasteiger partial charge in [-0.15, -0.1) is 0 Å². The number of hydrogen-bond donors (Lipinski definition) is 0. The highest BCUT2D eigenvalue weighted by Gasteiger charge is 2.11. The van der Waals surface area contributed by atoms with Gasteiger partial charge < -0.3 is 14.6 Å². The molecule has 1 aromatic rings. The Morgan fingerprint density at radius 3 is 2.53 bits per heavy atom. The highest BCUT2D eigenvalue weighted by Crippen LogP contribution is 2.18. The largest absolute Gasteiger partial charge is 0.541 e. The van der Waals surface area contributed by atoms with Crippen molar-refractivity contribution in [1.29, 1.82) is 0 Å². The zero-order valence-electron chi connectivity index (χ0n) is 8.57. The molecule has 0 heterocycles. The third-order valence-corrected chi connectivity index (χ3v) is 2.12. The van der Waals surface area contributed by atoms with Gasteiger partial charge in [-0.25, -0.2) is 0 Å². The number of methoxy groups -OCH3 is 1. The topological polar surface area (TPSA) is 66.4 Å². The molecule has 0 aliphatic carbocycles. The Balaban J connectivity index is 3.18. The van der Waals surface area contributed by atoms with Crippen LogP contribution in [0.5, 0.6) is 5.75 Å². The molecule has 4 nitrogen and oxygen atoms in total. The van der Waals surface area contributed by atoms with E-state index in [0.717, 1.165) is 0 Å². The quantitative estimate of drug-likeness (QED) is 0.522. The van der Waals surface area contributed by atoms with Crippen LogP contribution < -0.4 is 9.84 Å². The smallest absolute Gasteiger partial charge is 0.208 e. The summed E-state index contributed by atoms with van der Waals surface area (Å²) in [6.07, 6.45) is 0.561. The molecule has 0 radical (unpaired) electrons. The summed E-state index contributed by atoms with van der Waals surface area (Å²) >= 11 is 0. The number of benzene rings is 1. The van der Waals surface area contributed by atoms with Crippen molar-refractivity contribution in [3.63, 3.8) is 0 Å². The predicted octanol–water partition coefficient (Wildman–Crippen LogP) is 0.190. The Morgan fingerprint density at radius 1 is 1.40 bits per heavy atom. The van der Waals surface area contributed by atoms with Gasteiger partial charge in [-0.3, -0.25) is 4.79 Å². The highest BCUT2D eigenvalue weighted by molar-refractivity contribution is 6.39. The molecule has 0 spiro atoms. The molecule has 0 aliphatic rings. The third kappa shape index (κ3) is 2.34. The number of carbonyl (C=O) groups is 2. The number of ether oxygens (including phenoxy) is 1. The summed E-state index contributed by atoms with van der Waals surface area (Å²) in [6, 6.07) is 4.64. The van der Waals surface area contributed by atoms with Gasteiger partial charge in [-0.2, -0.15) is 0 Å². The molecule has 0 amide bonds. The van der Waals surface area contributed by atoms with Crippen LogP contribution in [0.4, 0.5) is 0 Å². The number of carbonyl (C=O) groups excluding carboxylic acids is 2. The zero-order valence-corrected chi connectivity index (χ0v) is 8.57. The lowest BCUT2D eigenvalue weighted by Crippen LogP contribution is -2.32. The SMILES string of the molecule is CCc1cc(OC)ccc1C(=O)C(=O)[O-]. The molecule has 0 aromatic heterocycles. The summed E-state index contributed by atoms with van der Waals surface area (Å²) in [5, 5.41) is 10.4. The van der Waals surface area contributed by atoms with Crippen LogP contribution in [0.3, 0.4) is 0 Å². The molecule has 0 bridgehead atoms. The van der Waals surface area contributed by atoms with Gasteiger partial charge >= 0.3 is 0 Å². The van der Waals surface area contributed by atoms with Gasteiger partial charge in [-0.05, 0) is 30.2 Å². The summed E-state index contributed by atoms with van der Waals surface area (Å²) in [7, 11) is 1.51. The lowest BCUT2D eigenvalue weighted by atomic mass is 10.0. The van der Waals surface area contributed by atoms with Crippen molar-refractivity contribution < 1.29 is 19.4 Å². The Morgan fingerprint density at radius 2 is 2.07 bits per heavy atom. The fourth-order valence-corrected chi connectivity index (χ4v) is 1.32. The number of carboxylic acid groups (broad SMARTS) is 1. The van der Waals surface area contributed by atoms with E-state index < -0.39 is 11.8 Å². The normalized spacial score (nSPS) is 9.73. The zero-order chi connectivity index (χ0) is 11.4. The van der Waals surface area contributed by atoms with Gasteiger partial charge in [0, 0.05) is 5.56 Å². The minimum Gasteiger partial charge on any atom is -0.541 e. The summed E-state index contributed by atoms with van der Waals surface area (Å²) in [5.74, 6) is -2.08. The van der Waals surface area contributed by atoms with E-state index >= 15 is 0 Å². The molecule has 0 N–H and O–H groups in total. The number of aliphatic carboxylic acids is 1. The molecule has 1 aromatic carbocycles. The van der Waals surface area contributed by atoms with E-state index in [2.05, 4.69) is 0 Å². The summed E-state index contributed by atoms with van der Waals surface area (Å²) < 4.78 is 4.98. The van der Waals surface area contributed by atoms with Gasteiger partial charge in [0.2, 0.25) is 5.78 Å². The van der Waals surface area contributed by atoms with Gasteiger partial charge in [-0.1, -0.05) is 6.92 Å². The van der Waals surface area contributed by atoms with Crippen molar-refractivity contribution in [1.82, 2.24) is 0 Å². The van der Waals surface area contributed by atoms with E-state index in [0.29, 0.717) is 17.7 Å². The van der Waals surface area contributed by atoms with Crippen LogP contribution >= 0.6 is 0 Å². The molecule has 15 heavy (non-hydrogen) atoms. The average Bonchev–Trinajstić information content (AvgIpc) is 2.27. The first-order valence-corrected chi connectivity index (χ1v) is 4.52. The molecular weight excluding hydrogens is 196 g/mol. The number of Topliss-reactive ketones (excluding diaryl/α,β-unsaturated/α-hetero) is 1. The Hall–Kier alpha value is -1.84. The van der Waals surface area contributed by atoms with Crippen molar-refractivity contribution in [2.24, 2.45) is 0 Å². The first kappa shape index (κ1) is 11.2. The number of ketones is 1. The van der Waals surface area contributed by atoms with E-state index in [4.69, 9.17) is 4.74 Å². The Bertz CT molecular complexity index is 396. The number of aryl methyl sites for hydroxylation is 1. The summed E-state index contributed by atoms with van der Waals surface area (Å²) in [4.78, 5) is 21.7. The lowest BCUT2D eigenvalue weighted by molar-refractivity contribution is -0.296. The molecule has 4 heteroatoms. The van der Waals surface area contributed by atoms with E-state index in [1.54, 1.807) is 12.1 Å². The number of rotatable bonds is 4. The van der Waals surface area contributed by atoms with Gasteiger partial charge in [0.05, 0.1) is 7.11 Å².